The van der Waals surface area contributed by atoms with Crippen molar-refractivity contribution in [2.75, 3.05) is 19.6 Å². The minimum atomic E-state index is -4.19. The van der Waals surface area contributed by atoms with Crippen molar-refractivity contribution in [2.24, 2.45) is 0 Å². The largest absolute Gasteiger partial charge is 0.619 e. The molecule has 30 heavy (non-hydrogen) atoms. The Balaban J connectivity index is 1.37. The summed E-state index contributed by atoms with van der Waals surface area (Å²) in [6.45, 7) is 2.56. The van der Waals surface area contributed by atoms with Gasteiger partial charge in [0.15, 0.2) is 12.4 Å². The van der Waals surface area contributed by atoms with Crippen LogP contribution in [0.4, 0.5) is 13.2 Å². The highest BCUT2D eigenvalue weighted by molar-refractivity contribution is 5.81. The fraction of sp³-hybridized carbons (Fsp3) is 0.292. The number of alkyl halides is 3. The van der Waals surface area contributed by atoms with Crippen LogP contribution in [-0.4, -0.2) is 30.7 Å². The van der Waals surface area contributed by atoms with Crippen molar-refractivity contribution in [1.29, 1.82) is 0 Å². The van der Waals surface area contributed by atoms with Crippen LogP contribution in [0.2, 0.25) is 0 Å². The molecule has 1 aliphatic heterocycles. The van der Waals surface area contributed by atoms with Gasteiger partial charge in [0.25, 0.3) is 0 Å². The highest BCUT2D eigenvalue weighted by atomic mass is 19.4. The van der Waals surface area contributed by atoms with E-state index in [2.05, 4.69) is 23.1 Å². The van der Waals surface area contributed by atoms with E-state index in [1.165, 1.54) is 17.8 Å². The lowest BCUT2D eigenvalue weighted by Gasteiger charge is -2.26. The van der Waals surface area contributed by atoms with Gasteiger partial charge in [-0.3, -0.25) is 4.90 Å². The first-order valence-corrected chi connectivity index (χ1v) is 10.0. The third kappa shape index (κ3) is 5.19. The molecule has 2 aromatic carbocycles. The third-order valence-electron chi connectivity index (χ3n) is 5.53. The average molecular weight is 412 g/mol. The summed E-state index contributed by atoms with van der Waals surface area (Å²) in [7, 11) is 0. The highest BCUT2D eigenvalue weighted by Crippen LogP contribution is 2.26. The number of hydrogen-bond donors (Lipinski definition) is 0. The van der Waals surface area contributed by atoms with E-state index in [9.17, 15) is 18.4 Å². The van der Waals surface area contributed by atoms with E-state index < -0.39 is 12.6 Å². The van der Waals surface area contributed by atoms with Gasteiger partial charge < -0.3 is 5.21 Å². The van der Waals surface area contributed by atoms with Gasteiger partial charge in [-0.25, -0.2) is 0 Å². The summed E-state index contributed by atoms with van der Waals surface area (Å²) in [6, 6.07) is 14.8. The molecule has 3 nitrogen and oxygen atoms in total. The molecule has 2 heterocycles. The summed E-state index contributed by atoms with van der Waals surface area (Å²) in [6.07, 6.45) is 1.83. The maximum absolute atomic E-state index is 12.7. The van der Waals surface area contributed by atoms with E-state index in [1.54, 1.807) is 18.3 Å². The van der Waals surface area contributed by atoms with Crippen molar-refractivity contribution >= 4 is 16.3 Å². The summed E-state index contributed by atoms with van der Waals surface area (Å²) in [5.74, 6) is 0. The number of nitrogens with zero attached hydrogens (tertiary/aromatic N) is 2. The second kappa shape index (κ2) is 8.48. The van der Waals surface area contributed by atoms with Crippen LogP contribution >= 0.6 is 0 Å². The SMILES string of the molecule is [O-][n+]1ccc2ccc(CCN3CC=C(c4cccc(CC(F)(F)F)c4)CC3)cc2c1. The molecule has 0 unspecified atom stereocenters. The Morgan fingerprint density at radius 3 is 2.63 bits per heavy atom. The van der Waals surface area contributed by atoms with Crippen molar-refractivity contribution < 1.29 is 17.9 Å². The van der Waals surface area contributed by atoms with Gasteiger partial charge >= 0.3 is 6.18 Å². The molecule has 0 amide bonds. The Labute approximate surface area is 173 Å². The smallest absolute Gasteiger partial charge is 0.393 e. The van der Waals surface area contributed by atoms with Crippen LogP contribution in [0, 0.1) is 5.21 Å². The molecule has 0 aliphatic carbocycles. The molecule has 0 saturated carbocycles. The molecule has 0 fully saturated rings. The van der Waals surface area contributed by atoms with E-state index in [0.717, 1.165) is 59.1 Å². The first-order chi connectivity index (χ1) is 14.4. The highest BCUT2D eigenvalue weighted by Gasteiger charge is 2.27. The number of aromatic nitrogens is 1. The molecule has 4 rings (SSSR count). The first kappa shape index (κ1) is 20.4. The number of fused-ring (bicyclic) bond motifs is 1. The van der Waals surface area contributed by atoms with E-state index in [0.29, 0.717) is 5.56 Å². The van der Waals surface area contributed by atoms with Gasteiger partial charge in [-0.15, -0.1) is 0 Å². The van der Waals surface area contributed by atoms with Crippen molar-refractivity contribution in [2.45, 2.75) is 25.4 Å². The number of rotatable bonds is 5. The summed E-state index contributed by atoms with van der Waals surface area (Å²) in [5.41, 5.74) is 3.49. The number of pyridine rings is 1. The van der Waals surface area contributed by atoms with Gasteiger partial charge in [0.2, 0.25) is 0 Å². The fourth-order valence-electron chi connectivity index (χ4n) is 3.95. The Hall–Kier alpha value is -2.86. The predicted octanol–water partition coefficient (Wildman–Crippen LogP) is 4.91. The zero-order chi connectivity index (χ0) is 21.1. The van der Waals surface area contributed by atoms with Gasteiger partial charge in [0.1, 0.15) is 0 Å². The number of halogens is 3. The quantitative estimate of drug-likeness (QED) is 0.440. The van der Waals surface area contributed by atoms with Crippen LogP contribution in [-0.2, 0) is 12.8 Å². The monoisotopic (exact) mass is 412 g/mol. The molecule has 156 valence electrons. The van der Waals surface area contributed by atoms with E-state index in [1.807, 2.05) is 18.2 Å². The third-order valence-corrected chi connectivity index (χ3v) is 5.53. The molecule has 0 bridgehead atoms. The molecule has 0 radical (unpaired) electrons. The average Bonchev–Trinajstić information content (AvgIpc) is 2.71. The topological polar surface area (TPSA) is 30.2 Å². The Morgan fingerprint density at radius 1 is 1.00 bits per heavy atom. The van der Waals surface area contributed by atoms with Gasteiger partial charge in [-0.1, -0.05) is 42.5 Å². The Morgan fingerprint density at radius 2 is 1.87 bits per heavy atom. The van der Waals surface area contributed by atoms with Crippen LogP contribution in [0.3, 0.4) is 0 Å². The van der Waals surface area contributed by atoms with Crippen LogP contribution in [0.1, 0.15) is 23.1 Å². The first-order valence-electron chi connectivity index (χ1n) is 10.0. The molecular formula is C24H23F3N2O. The zero-order valence-corrected chi connectivity index (χ0v) is 16.5. The van der Waals surface area contributed by atoms with Crippen LogP contribution < -0.4 is 4.73 Å². The molecular weight excluding hydrogens is 389 g/mol. The molecule has 0 saturated heterocycles. The molecule has 6 heteroatoms. The minimum Gasteiger partial charge on any atom is -0.619 e. The van der Waals surface area contributed by atoms with Gasteiger partial charge in [0.05, 0.1) is 6.42 Å². The molecule has 0 spiro atoms. The Bertz CT molecular complexity index is 1080. The van der Waals surface area contributed by atoms with Crippen LogP contribution in [0.25, 0.3) is 16.3 Å². The normalized spacial score (nSPS) is 15.4. The van der Waals surface area contributed by atoms with Crippen molar-refractivity contribution in [3.05, 3.63) is 88.9 Å². The second-order valence-corrected chi connectivity index (χ2v) is 7.79. The molecule has 0 N–H and O–H groups in total. The van der Waals surface area contributed by atoms with Gasteiger partial charge in [0, 0.05) is 31.1 Å². The number of hydrogen-bond acceptors (Lipinski definition) is 2. The number of benzene rings is 2. The lowest BCUT2D eigenvalue weighted by atomic mass is 9.96. The van der Waals surface area contributed by atoms with Crippen molar-refractivity contribution in [1.82, 2.24) is 4.90 Å². The summed E-state index contributed by atoms with van der Waals surface area (Å²) < 4.78 is 38.8. The molecule has 3 aromatic rings. The second-order valence-electron chi connectivity index (χ2n) is 7.79. The standard InChI is InChI=1S/C24H23F3N2O/c25-24(26,27)16-19-2-1-3-22(15-19)21-7-11-28(12-8-21)10-6-18-4-5-20-9-13-29(30)17-23(20)14-18/h1-5,7,9,13-15,17H,6,8,10-12,16H2. The molecule has 1 aliphatic rings. The molecule has 0 atom stereocenters. The van der Waals surface area contributed by atoms with E-state index in [4.69, 9.17) is 0 Å². The predicted molar refractivity (Wildman–Crippen MR) is 112 cm³/mol. The van der Waals surface area contributed by atoms with Crippen molar-refractivity contribution in [3.8, 4) is 0 Å². The lowest BCUT2D eigenvalue weighted by Crippen LogP contribution is -2.30. The summed E-state index contributed by atoms with van der Waals surface area (Å²) in [5, 5.41) is 13.5. The van der Waals surface area contributed by atoms with Gasteiger partial charge in [-0.05, 0) is 46.6 Å². The van der Waals surface area contributed by atoms with Crippen molar-refractivity contribution in [3.63, 3.8) is 0 Å². The maximum Gasteiger partial charge on any atom is 0.393 e. The fourth-order valence-corrected chi connectivity index (χ4v) is 3.95. The van der Waals surface area contributed by atoms with Crippen LogP contribution in [0.5, 0.6) is 0 Å². The Kier molecular flexibility index (Phi) is 5.77. The van der Waals surface area contributed by atoms with E-state index >= 15 is 0 Å². The minimum absolute atomic E-state index is 0.305. The zero-order valence-electron chi connectivity index (χ0n) is 16.5. The van der Waals surface area contributed by atoms with E-state index in [-0.39, 0.29) is 0 Å². The summed E-state index contributed by atoms with van der Waals surface area (Å²) in [4.78, 5) is 2.34. The van der Waals surface area contributed by atoms with Gasteiger partial charge in [-0.2, -0.15) is 17.9 Å². The molecule has 1 aromatic heterocycles. The lowest BCUT2D eigenvalue weighted by molar-refractivity contribution is -0.603. The summed E-state index contributed by atoms with van der Waals surface area (Å²) >= 11 is 0. The maximum atomic E-state index is 12.7. The van der Waals surface area contributed by atoms with Crippen LogP contribution in [0.15, 0.2) is 67.0 Å².